The molecule has 0 spiro atoms. The zero-order chi connectivity index (χ0) is 14.9. The van der Waals surface area contributed by atoms with Crippen LogP contribution in [0.3, 0.4) is 0 Å². The van der Waals surface area contributed by atoms with Crippen LogP contribution in [0.1, 0.15) is 26.6 Å². The molecule has 0 unspecified atom stereocenters. The summed E-state index contributed by atoms with van der Waals surface area (Å²) in [6.07, 6.45) is 0. The molecule has 0 saturated carbocycles. The van der Waals surface area contributed by atoms with Crippen LogP contribution in [-0.2, 0) is 9.59 Å². The average molecular weight is 277 g/mol. The Kier molecular flexibility index (Phi) is 3.61. The number of rotatable bonds is 3. The van der Waals surface area contributed by atoms with E-state index in [1.807, 2.05) is 6.92 Å². The van der Waals surface area contributed by atoms with E-state index in [9.17, 15) is 9.59 Å². The molecule has 0 aromatic carbocycles. The first-order chi connectivity index (χ1) is 9.34. The molecule has 20 heavy (non-hydrogen) atoms. The average Bonchev–Trinajstić information content (AvgIpc) is 2.33. The van der Waals surface area contributed by atoms with E-state index in [1.54, 1.807) is 31.7 Å². The summed E-state index contributed by atoms with van der Waals surface area (Å²) in [6, 6.07) is 1.75. The maximum atomic E-state index is 12.0. The predicted octanol–water partition coefficient (Wildman–Crippen LogP) is 0.458. The quantitative estimate of drug-likeness (QED) is 0.780. The van der Waals surface area contributed by atoms with Crippen LogP contribution in [0.5, 0.6) is 0 Å². The number of hydrogen-bond donors (Lipinski definition) is 2. The van der Waals surface area contributed by atoms with Gasteiger partial charge < -0.3 is 10.2 Å². The third-order valence-corrected chi connectivity index (χ3v) is 3.24. The second-order valence-electron chi connectivity index (χ2n) is 5.21. The molecule has 2 heterocycles. The van der Waals surface area contributed by atoms with Crippen molar-refractivity contribution in [1.29, 1.82) is 0 Å². The Bertz CT molecular complexity index is 556. The van der Waals surface area contributed by atoms with Gasteiger partial charge in [0.2, 0.25) is 5.91 Å². The SMILES string of the molecule is CCNc1cc(N2CC(=O)NC(=O)C2(C)C)nc(C)n1. The Labute approximate surface area is 117 Å². The second kappa shape index (κ2) is 5.07. The third-order valence-electron chi connectivity index (χ3n) is 3.24. The Balaban J connectivity index is 2.42. The lowest BCUT2D eigenvalue weighted by molar-refractivity contribution is -0.135. The Morgan fingerprint density at radius 1 is 1.40 bits per heavy atom. The second-order valence-corrected chi connectivity index (χ2v) is 5.21. The van der Waals surface area contributed by atoms with Crippen LogP contribution in [0, 0.1) is 6.92 Å². The number of anilines is 2. The highest BCUT2D eigenvalue weighted by Crippen LogP contribution is 2.26. The highest BCUT2D eigenvalue weighted by atomic mass is 16.2. The molecule has 1 saturated heterocycles. The molecule has 2 N–H and O–H groups in total. The van der Waals surface area contributed by atoms with Crippen LogP contribution in [0.2, 0.25) is 0 Å². The first-order valence-electron chi connectivity index (χ1n) is 6.56. The van der Waals surface area contributed by atoms with Crippen molar-refractivity contribution in [2.24, 2.45) is 0 Å². The molecule has 2 rings (SSSR count). The minimum Gasteiger partial charge on any atom is -0.370 e. The van der Waals surface area contributed by atoms with Crippen molar-refractivity contribution in [3.63, 3.8) is 0 Å². The summed E-state index contributed by atoms with van der Waals surface area (Å²) in [7, 11) is 0. The molecule has 2 amide bonds. The zero-order valence-electron chi connectivity index (χ0n) is 12.1. The van der Waals surface area contributed by atoms with E-state index >= 15 is 0 Å². The van der Waals surface area contributed by atoms with Crippen LogP contribution in [0.15, 0.2) is 6.07 Å². The van der Waals surface area contributed by atoms with Gasteiger partial charge in [-0.3, -0.25) is 14.9 Å². The molecular weight excluding hydrogens is 258 g/mol. The molecule has 0 radical (unpaired) electrons. The molecule has 0 atom stereocenters. The van der Waals surface area contributed by atoms with Crippen LogP contribution in [0.25, 0.3) is 0 Å². The van der Waals surface area contributed by atoms with Gasteiger partial charge in [0.05, 0.1) is 6.54 Å². The normalized spacial score (nSPS) is 17.9. The van der Waals surface area contributed by atoms with Crippen molar-refractivity contribution in [2.45, 2.75) is 33.2 Å². The summed E-state index contributed by atoms with van der Waals surface area (Å²) in [5, 5.41) is 5.46. The molecule has 7 nitrogen and oxygen atoms in total. The fraction of sp³-hybridized carbons (Fsp3) is 0.538. The summed E-state index contributed by atoms with van der Waals surface area (Å²) >= 11 is 0. The molecular formula is C13H19N5O2. The molecule has 1 aliphatic heterocycles. The maximum Gasteiger partial charge on any atom is 0.251 e. The van der Waals surface area contributed by atoms with Gasteiger partial charge in [0.15, 0.2) is 0 Å². The van der Waals surface area contributed by atoms with Crippen molar-refractivity contribution in [1.82, 2.24) is 15.3 Å². The van der Waals surface area contributed by atoms with Gasteiger partial charge in [0.25, 0.3) is 5.91 Å². The molecule has 1 aliphatic rings. The number of aromatic nitrogens is 2. The minimum atomic E-state index is -0.835. The van der Waals surface area contributed by atoms with Gasteiger partial charge in [-0.25, -0.2) is 9.97 Å². The van der Waals surface area contributed by atoms with Crippen LogP contribution < -0.4 is 15.5 Å². The van der Waals surface area contributed by atoms with Crippen molar-refractivity contribution < 1.29 is 9.59 Å². The monoisotopic (exact) mass is 277 g/mol. The fourth-order valence-corrected chi connectivity index (χ4v) is 2.11. The highest BCUT2D eigenvalue weighted by Gasteiger charge is 2.41. The van der Waals surface area contributed by atoms with Gasteiger partial charge >= 0.3 is 0 Å². The smallest absolute Gasteiger partial charge is 0.251 e. The number of amides is 2. The molecule has 1 fully saturated rings. The standard InChI is InChI=1S/C13H19N5O2/c1-5-14-9-6-10(16-8(2)15-9)18-7-11(19)17-12(20)13(18,3)4/h6H,5,7H2,1-4H3,(H,14,15,16)(H,17,19,20). The number of nitrogens with zero attached hydrogens (tertiary/aromatic N) is 3. The van der Waals surface area contributed by atoms with Crippen molar-refractivity contribution in [2.75, 3.05) is 23.3 Å². The molecule has 108 valence electrons. The van der Waals surface area contributed by atoms with E-state index in [-0.39, 0.29) is 18.4 Å². The highest BCUT2D eigenvalue weighted by molar-refractivity contribution is 6.06. The molecule has 0 bridgehead atoms. The van der Waals surface area contributed by atoms with Crippen LogP contribution in [0.4, 0.5) is 11.6 Å². The van der Waals surface area contributed by atoms with E-state index in [0.717, 1.165) is 6.54 Å². The number of carbonyl (C=O) groups is 2. The Morgan fingerprint density at radius 3 is 2.75 bits per heavy atom. The van der Waals surface area contributed by atoms with Crippen molar-refractivity contribution in [3.05, 3.63) is 11.9 Å². The molecule has 1 aromatic heterocycles. The van der Waals surface area contributed by atoms with Crippen molar-refractivity contribution >= 4 is 23.5 Å². The van der Waals surface area contributed by atoms with Crippen LogP contribution in [-0.4, -0.2) is 40.4 Å². The summed E-state index contributed by atoms with van der Waals surface area (Å²) in [5.41, 5.74) is -0.835. The summed E-state index contributed by atoms with van der Waals surface area (Å²) in [4.78, 5) is 33.9. The van der Waals surface area contributed by atoms with E-state index in [4.69, 9.17) is 0 Å². The van der Waals surface area contributed by atoms with E-state index in [2.05, 4.69) is 20.6 Å². The van der Waals surface area contributed by atoms with Crippen molar-refractivity contribution in [3.8, 4) is 0 Å². The van der Waals surface area contributed by atoms with Gasteiger partial charge in [-0.15, -0.1) is 0 Å². The number of piperazine rings is 1. The van der Waals surface area contributed by atoms with E-state index in [0.29, 0.717) is 17.5 Å². The topological polar surface area (TPSA) is 87.2 Å². The van der Waals surface area contributed by atoms with Gasteiger partial charge in [0, 0.05) is 12.6 Å². The number of nitrogens with one attached hydrogen (secondary N) is 2. The fourth-order valence-electron chi connectivity index (χ4n) is 2.11. The zero-order valence-corrected chi connectivity index (χ0v) is 12.1. The summed E-state index contributed by atoms with van der Waals surface area (Å²) in [6.45, 7) is 8.11. The van der Waals surface area contributed by atoms with Gasteiger partial charge in [-0.2, -0.15) is 0 Å². The van der Waals surface area contributed by atoms with Gasteiger partial charge in [-0.05, 0) is 27.7 Å². The first kappa shape index (κ1) is 14.2. The lowest BCUT2D eigenvalue weighted by Crippen LogP contribution is -2.64. The Morgan fingerprint density at radius 2 is 2.10 bits per heavy atom. The first-order valence-corrected chi connectivity index (χ1v) is 6.56. The third kappa shape index (κ3) is 2.56. The van der Waals surface area contributed by atoms with Gasteiger partial charge in [0.1, 0.15) is 23.0 Å². The molecule has 0 aliphatic carbocycles. The minimum absolute atomic E-state index is 0.0980. The molecule has 7 heteroatoms. The summed E-state index contributed by atoms with van der Waals surface area (Å²) in [5.74, 6) is 1.20. The number of hydrogen-bond acceptors (Lipinski definition) is 6. The Hall–Kier alpha value is -2.18. The predicted molar refractivity (Wildman–Crippen MR) is 75.5 cm³/mol. The lowest BCUT2D eigenvalue weighted by Gasteiger charge is -2.41. The van der Waals surface area contributed by atoms with Gasteiger partial charge in [-0.1, -0.05) is 0 Å². The molecule has 1 aromatic rings. The lowest BCUT2D eigenvalue weighted by atomic mass is 9.99. The number of aryl methyl sites for hydroxylation is 1. The maximum absolute atomic E-state index is 12.0. The van der Waals surface area contributed by atoms with E-state index < -0.39 is 5.54 Å². The number of carbonyl (C=O) groups excluding carboxylic acids is 2. The van der Waals surface area contributed by atoms with E-state index in [1.165, 1.54) is 0 Å². The van der Waals surface area contributed by atoms with Crippen LogP contribution >= 0.6 is 0 Å². The summed E-state index contributed by atoms with van der Waals surface area (Å²) < 4.78 is 0. The largest absolute Gasteiger partial charge is 0.370 e. The number of imide groups is 1.